The summed E-state index contributed by atoms with van der Waals surface area (Å²) < 4.78 is 7.20. The van der Waals surface area contributed by atoms with Crippen molar-refractivity contribution in [1.82, 2.24) is 25.2 Å². The average Bonchev–Trinajstić information content (AvgIpc) is 2.97. The van der Waals surface area contributed by atoms with Crippen LogP contribution in [0.3, 0.4) is 0 Å². The summed E-state index contributed by atoms with van der Waals surface area (Å²) in [5.41, 5.74) is 0.578. The van der Waals surface area contributed by atoms with Gasteiger partial charge in [-0.3, -0.25) is 4.68 Å². The number of carbonyl (C=O) groups is 1. The number of aromatic nitrogens is 3. The third-order valence-corrected chi connectivity index (χ3v) is 3.50. The lowest BCUT2D eigenvalue weighted by Gasteiger charge is -2.28. The Morgan fingerprint density at radius 3 is 2.90 bits per heavy atom. The minimum atomic E-state index is -0.446. The van der Waals surface area contributed by atoms with E-state index < -0.39 is 5.60 Å². The van der Waals surface area contributed by atoms with E-state index in [1.165, 1.54) is 0 Å². The van der Waals surface area contributed by atoms with Gasteiger partial charge in [-0.2, -0.15) is 0 Å². The quantitative estimate of drug-likeness (QED) is 0.906. The second-order valence-corrected chi connectivity index (χ2v) is 6.45. The molecule has 7 heteroatoms. The Hall–Kier alpha value is -1.63. The first-order chi connectivity index (χ1) is 9.87. The van der Waals surface area contributed by atoms with Crippen LogP contribution in [0.25, 0.3) is 0 Å². The summed E-state index contributed by atoms with van der Waals surface area (Å²) >= 11 is 0. The van der Waals surface area contributed by atoms with Crippen molar-refractivity contribution in [2.75, 3.05) is 13.1 Å². The molecule has 1 atom stereocenters. The maximum Gasteiger partial charge on any atom is 0.410 e. The van der Waals surface area contributed by atoms with Crippen molar-refractivity contribution >= 4 is 6.09 Å². The summed E-state index contributed by atoms with van der Waals surface area (Å²) in [4.78, 5) is 14.0. The smallest absolute Gasteiger partial charge is 0.410 e. The van der Waals surface area contributed by atoms with E-state index >= 15 is 0 Å². The largest absolute Gasteiger partial charge is 0.444 e. The summed E-state index contributed by atoms with van der Waals surface area (Å²) in [7, 11) is 1.87. The van der Waals surface area contributed by atoms with Crippen molar-refractivity contribution < 1.29 is 9.53 Å². The maximum absolute atomic E-state index is 12.2. The second-order valence-electron chi connectivity index (χ2n) is 6.45. The molecule has 1 amide bonds. The molecule has 0 bridgehead atoms. The van der Waals surface area contributed by atoms with Gasteiger partial charge in [0.05, 0.1) is 11.9 Å². The van der Waals surface area contributed by atoms with Gasteiger partial charge in [0.2, 0.25) is 0 Å². The highest BCUT2D eigenvalue weighted by atomic mass is 16.6. The highest BCUT2D eigenvalue weighted by Gasteiger charge is 2.31. The molecular formula is C14H25N5O2. The molecular weight excluding hydrogens is 270 g/mol. The molecule has 0 aromatic carbocycles. The molecule has 1 aliphatic rings. The van der Waals surface area contributed by atoms with E-state index in [4.69, 9.17) is 4.74 Å². The van der Waals surface area contributed by atoms with Crippen LogP contribution in [0.5, 0.6) is 0 Å². The molecule has 1 saturated heterocycles. The van der Waals surface area contributed by atoms with Gasteiger partial charge in [-0.15, -0.1) is 5.10 Å². The third-order valence-electron chi connectivity index (χ3n) is 3.50. The molecule has 7 nitrogen and oxygen atoms in total. The number of rotatable bonds is 4. The van der Waals surface area contributed by atoms with Gasteiger partial charge in [-0.05, 0) is 33.6 Å². The Morgan fingerprint density at radius 1 is 1.52 bits per heavy atom. The maximum atomic E-state index is 12.2. The third kappa shape index (κ3) is 4.42. The number of carbonyl (C=O) groups excluding carboxylic acids is 1. The van der Waals surface area contributed by atoms with Crippen molar-refractivity contribution in [1.29, 1.82) is 0 Å². The predicted octanol–water partition coefficient (Wildman–Crippen LogP) is 1.30. The van der Waals surface area contributed by atoms with Gasteiger partial charge in [-0.25, -0.2) is 4.79 Å². The summed E-state index contributed by atoms with van der Waals surface area (Å²) in [5, 5.41) is 11.1. The summed E-state index contributed by atoms with van der Waals surface area (Å²) in [5.74, 6) is 0. The second kappa shape index (κ2) is 6.43. The average molecular weight is 295 g/mol. The van der Waals surface area contributed by atoms with E-state index in [2.05, 4.69) is 15.6 Å². The van der Waals surface area contributed by atoms with Gasteiger partial charge in [-0.1, -0.05) is 5.21 Å². The predicted molar refractivity (Wildman–Crippen MR) is 78.7 cm³/mol. The van der Waals surface area contributed by atoms with Gasteiger partial charge < -0.3 is 15.0 Å². The molecule has 2 rings (SSSR count). The van der Waals surface area contributed by atoms with E-state index in [1.54, 1.807) is 10.9 Å². The van der Waals surface area contributed by atoms with Gasteiger partial charge in [0.15, 0.2) is 0 Å². The van der Waals surface area contributed by atoms with Gasteiger partial charge in [0, 0.05) is 32.7 Å². The van der Waals surface area contributed by atoms with Crippen LogP contribution < -0.4 is 5.32 Å². The van der Waals surface area contributed by atoms with Crippen molar-refractivity contribution in [2.24, 2.45) is 7.05 Å². The van der Waals surface area contributed by atoms with Gasteiger partial charge >= 0.3 is 6.09 Å². The molecule has 1 aromatic rings. The Balaban J connectivity index is 1.82. The van der Waals surface area contributed by atoms with E-state index in [0.717, 1.165) is 31.6 Å². The molecule has 0 saturated carbocycles. The van der Waals surface area contributed by atoms with Gasteiger partial charge in [0.25, 0.3) is 0 Å². The molecule has 1 fully saturated rings. The van der Waals surface area contributed by atoms with Crippen LogP contribution in [0.15, 0.2) is 6.20 Å². The Bertz CT molecular complexity index is 480. The minimum Gasteiger partial charge on any atom is -0.444 e. The van der Waals surface area contributed by atoms with Crippen LogP contribution in [-0.4, -0.2) is 50.7 Å². The van der Waals surface area contributed by atoms with Crippen LogP contribution in [0.1, 0.15) is 39.3 Å². The number of aryl methyl sites for hydroxylation is 1. The monoisotopic (exact) mass is 295 g/mol. The fourth-order valence-corrected chi connectivity index (χ4v) is 2.45. The first-order valence-corrected chi connectivity index (χ1v) is 7.41. The zero-order chi connectivity index (χ0) is 15.5. The van der Waals surface area contributed by atoms with Gasteiger partial charge in [0.1, 0.15) is 5.60 Å². The SMILES string of the molecule is Cn1nncc1CNCC1CCCN1C(=O)OC(C)(C)C. The van der Waals surface area contributed by atoms with Crippen LogP contribution in [0.4, 0.5) is 4.79 Å². The summed E-state index contributed by atoms with van der Waals surface area (Å²) in [6.07, 6.45) is 3.57. The zero-order valence-corrected chi connectivity index (χ0v) is 13.3. The highest BCUT2D eigenvalue weighted by Crippen LogP contribution is 2.20. The molecule has 0 aliphatic carbocycles. The lowest BCUT2D eigenvalue weighted by Crippen LogP contribution is -2.44. The number of likely N-dealkylation sites (tertiary alicyclic amines) is 1. The molecule has 0 spiro atoms. The van der Waals surface area contributed by atoms with E-state index in [-0.39, 0.29) is 12.1 Å². The lowest BCUT2D eigenvalue weighted by atomic mass is 10.2. The van der Waals surface area contributed by atoms with Crippen LogP contribution in [0.2, 0.25) is 0 Å². The number of hydrogen-bond acceptors (Lipinski definition) is 5. The minimum absolute atomic E-state index is 0.195. The van der Waals surface area contributed by atoms with Crippen molar-refractivity contribution in [2.45, 2.75) is 51.8 Å². The zero-order valence-electron chi connectivity index (χ0n) is 13.3. The van der Waals surface area contributed by atoms with E-state index in [1.807, 2.05) is 32.7 Å². The van der Waals surface area contributed by atoms with Crippen molar-refractivity contribution in [3.63, 3.8) is 0 Å². The van der Waals surface area contributed by atoms with Crippen LogP contribution >= 0.6 is 0 Å². The molecule has 2 heterocycles. The topological polar surface area (TPSA) is 72.3 Å². The van der Waals surface area contributed by atoms with Crippen molar-refractivity contribution in [3.8, 4) is 0 Å². The fraction of sp³-hybridized carbons (Fsp3) is 0.786. The molecule has 1 aliphatic heterocycles. The number of amides is 1. The van der Waals surface area contributed by atoms with Crippen molar-refractivity contribution in [3.05, 3.63) is 11.9 Å². The van der Waals surface area contributed by atoms with Crippen LogP contribution in [-0.2, 0) is 18.3 Å². The Morgan fingerprint density at radius 2 is 2.29 bits per heavy atom. The summed E-state index contributed by atoms with van der Waals surface area (Å²) in [6, 6.07) is 0.195. The first-order valence-electron chi connectivity index (χ1n) is 7.41. The summed E-state index contributed by atoms with van der Waals surface area (Å²) in [6.45, 7) is 7.90. The molecule has 1 N–H and O–H groups in total. The number of nitrogens with one attached hydrogen (secondary N) is 1. The molecule has 0 radical (unpaired) electrons. The van der Waals surface area contributed by atoms with E-state index in [0.29, 0.717) is 6.54 Å². The lowest BCUT2D eigenvalue weighted by molar-refractivity contribution is 0.0226. The molecule has 1 aromatic heterocycles. The Kier molecular flexibility index (Phi) is 4.82. The molecule has 21 heavy (non-hydrogen) atoms. The normalized spacial score (nSPS) is 19.0. The highest BCUT2D eigenvalue weighted by molar-refractivity contribution is 5.69. The number of ether oxygens (including phenoxy) is 1. The number of nitrogens with zero attached hydrogens (tertiary/aromatic N) is 4. The molecule has 1 unspecified atom stereocenters. The Labute approximate surface area is 125 Å². The first kappa shape index (κ1) is 15.8. The fourth-order valence-electron chi connectivity index (χ4n) is 2.45. The van der Waals surface area contributed by atoms with E-state index in [9.17, 15) is 4.79 Å². The number of hydrogen-bond donors (Lipinski definition) is 1. The standard InChI is InChI=1S/C14H25N5O2/c1-14(2,3)21-13(20)19-7-5-6-11(19)8-15-9-12-10-16-17-18(12)4/h10-11,15H,5-9H2,1-4H3. The molecule has 118 valence electrons. The van der Waals surface area contributed by atoms with Crippen LogP contribution in [0, 0.1) is 0 Å².